The third kappa shape index (κ3) is 5.47. The summed E-state index contributed by atoms with van der Waals surface area (Å²) in [6, 6.07) is 25.8. The molecule has 4 heterocycles. The molecule has 0 bridgehead atoms. The summed E-state index contributed by atoms with van der Waals surface area (Å²) >= 11 is 13.1. The van der Waals surface area contributed by atoms with Crippen molar-refractivity contribution in [2.75, 3.05) is 31.1 Å². The third-order valence-corrected chi connectivity index (χ3v) is 11.2. The minimum atomic E-state index is -0.903. The normalized spacial score (nSPS) is 23.5. The zero-order valence-corrected chi connectivity index (χ0v) is 27.9. The number of amides is 1. The molecule has 246 valence electrons. The molecule has 1 aliphatic carbocycles. The Morgan fingerprint density at radius 3 is 2.52 bits per heavy atom. The quantitative estimate of drug-likeness (QED) is 0.177. The second kappa shape index (κ2) is 12.7. The number of anilines is 1. The highest BCUT2D eigenvalue weighted by molar-refractivity contribution is 6.43. The minimum Gasteiger partial charge on any atom is -0.465 e. The molecule has 11 heteroatoms. The zero-order valence-electron chi connectivity index (χ0n) is 26.4. The fraction of sp³-hybridized carbons (Fsp3) is 0.351. The molecule has 3 aliphatic rings. The molecule has 4 atom stereocenters. The summed E-state index contributed by atoms with van der Waals surface area (Å²) in [5.74, 6) is 1.40. The van der Waals surface area contributed by atoms with Crippen LogP contribution in [0.5, 0.6) is 0 Å². The van der Waals surface area contributed by atoms with E-state index in [0.717, 1.165) is 50.2 Å². The number of rotatable bonds is 8. The largest absolute Gasteiger partial charge is 0.465 e. The molecule has 0 spiro atoms. The van der Waals surface area contributed by atoms with Gasteiger partial charge in [0, 0.05) is 43.8 Å². The lowest BCUT2D eigenvalue weighted by Gasteiger charge is -2.28. The van der Waals surface area contributed by atoms with Gasteiger partial charge in [-0.25, -0.2) is 19.4 Å². The highest BCUT2D eigenvalue weighted by Gasteiger charge is 2.67. The smallest absolute Gasteiger partial charge is 0.407 e. The van der Waals surface area contributed by atoms with E-state index >= 15 is 0 Å². The highest BCUT2D eigenvalue weighted by Crippen LogP contribution is 2.64. The summed E-state index contributed by atoms with van der Waals surface area (Å²) in [4.78, 5) is 26.6. The van der Waals surface area contributed by atoms with Crippen LogP contribution in [0.3, 0.4) is 0 Å². The van der Waals surface area contributed by atoms with Crippen LogP contribution in [0.15, 0.2) is 85.1 Å². The van der Waals surface area contributed by atoms with E-state index in [2.05, 4.69) is 29.2 Å². The Balaban J connectivity index is 1.13. The number of hydrogen-bond acceptors (Lipinski definition) is 6. The maximum absolute atomic E-state index is 12.6. The van der Waals surface area contributed by atoms with Gasteiger partial charge in [0.1, 0.15) is 17.0 Å². The van der Waals surface area contributed by atoms with Gasteiger partial charge in [0.15, 0.2) is 11.9 Å². The van der Waals surface area contributed by atoms with Crippen LogP contribution in [0.4, 0.5) is 10.6 Å². The predicted octanol–water partition coefficient (Wildman–Crippen LogP) is 8.07. The van der Waals surface area contributed by atoms with E-state index < -0.39 is 6.09 Å². The van der Waals surface area contributed by atoms with Gasteiger partial charge in [-0.3, -0.25) is 0 Å². The van der Waals surface area contributed by atoms with Gasteiger partial charge in [-0.1, -0.05) is 96.0 Å². The summed E-state index contributed by atoms with van der Waals surface area (Å²) in [6.45, 7) is 3.00. The van der Waals surface area contributed by atoms with E-state index in [9.17, 15) is 9.90 Å². The molecule has 3 aromatic carbocycles. The second-order valence-corrected chi connectivity index (χ2v) is 13.9. The Morgan fingerprint density at radius 1 is 0.979 bits per heavy atom. The van der Waals surface area contributed by atoms with Crippen LogP contribution in [0, 0.1) is 11.8 Å². The first-order valence-corrected chi connectivity index (χ1v) is 17.3. The van der Waals surface area contributed by atoms with Crippen molar-refractivity contribution in [3.63, 3.8) is 0 Å². The molecule has 2 aliphatic heterocycles. The summed E-state index contributed by atoms with van der Waals surface area (Å²) in [7, 11) is 0. The maximum Gasteiger partial charge on any atom is 0.407 e. The van der Waals surface area contributed by atoms with Crippen molar-refractivity contribution in [2.24, 2.45) is 11.8 Å². The van der Waals surface area contributed by atoms with Crippen molar-refractivity contribution in [3.05, 3.63) is 106 Å². The molecule has 2 saturated heterocycles. The van der Waals surface area contributed by atoms with Gasteiger partial charge < -0.3 is 19.6 Å². The first-order valence-electron chi connectivity index (χ1n) is 16.6. The Morgan fingerprint density at radius 2 is 1.77 bits per heavy atom. The van der Waals surface area contributed by atoms with E-state index in [0.29, 0.717) is 58.1 Å². The number of halogens is 2. The van der Waals surface area contributed by atoms with Crippen molar-refractivity contribution in [1.82, 2.24) is 24.6 Å². The number of benzene rings is 3. The molecular formula is C37H36Cl2N6O3. The summed E-state index contributed by atoms with van der Waals surface area (Å²) < 4.78 is 8.03. The average molecular weight is 684 g/mol. The van der Waals surface area contributed by atoms with Crippen LogP contribution >= 0.6 is 23.2 Å². The number of fused-ring (bicyclic) bond motifs is 2. The molecule has 48 heavy (non-hydrogen) atoms. The molecule has 0 radical (unpaired) electrons. The van der Waals surface area contributed by atoms with Gasteiger partial charge in [0.25, 0.3) is 0 Å². The van der Waals surface area contributed by atoms with Gasteiger partial charge in [-0.05, 0) is 54.7 Å². The number of nitrogens with zero attached hydrogens (tertiary/aromatic N) is 6. The lowest BCUT2D eigenvalue weighted by atomic mass is 9.90. The highest BCUT2D eigenvalue weighted by atomic mass is 35.5. The van der Waals surface area contributed by atoms with Gasteiger partial charge in [0.05, 0.1) is 16.2 Å². The van der Waals surface area contributed by atoms with E-state index in [1.165, 1.54) is 5.56 Å². The monoisotopic (exact) mass is 682 g/mol. The van der Waals surface area contributed by atoms with E-state index in [1.807, 2.05) is 59.4 Å². The molecule has 1 saturated carbocycles. The molecule has 9 nitrogen and oxygen atoms in total. The Hall–Kier alpha value is -4.18. The SMILES string of the molecule is O=C(O)N(Cc1ccccc1)CC1(c2ccccc2)C2CCN(c3cnc4c(-c5cccc(Cl)c5Cl)nn(C5CCCCO5)c4n3)CC21. The zero-order chi connectivity index (χ0) is 32.8. The average Bonchev–Trinajstić information content (AvgIpc) is 3.61. The van der Waals surface area contributed by atoms with E-state index in [1.54, 1.807) is 11.0 Å². The first kappa shape index (κ1) is 31.1. The summed E-state index contributed by atoms with van der Waals surface area (Å²) in [5, 5.41) is 16.2. The van der Waals surface area contributed by atoms with E-state index in [4.69, 9.17) is 43.0 Å². The van der Waals surface area contributed by atoms with Crippen molar-refractivity contribution in [3.8, 4) is 11.3 Å². The molecule has 4 unspecified atom stereocenters. The van der Waals surface area contributed by atoms with Crippen LogP contribution in [-0.2, 0) is 16.7 Å². The van der Waals surface area contributed by atoms with Gasteiger partial charge in [-0.15, -0.1) is 0 Å². The molecule has 8 rings (SSSR count). The third-order valence-electron chi connectivity index (χ3n) is 10.4. The summed E-state index contributed by atoms with van der Waals surface area (Å²) in [5.41, 5.74) is 4.52. The Labute approximate surface area is 289 Å². The molecule has 1 amide bonds. The number of piperidine rings is 1. The lowest BCUT2D eigenvalue weighted by molar-refractivity contribution is -0.0368. The molecular weight excluding hydrogens is 647 g/mol. The van der Waals surface area contributed by atoms with Gasteiger partial charge in [-0.2, -0.15) is 5.10 Å². The minimum absolute atomic E-state index is 0.246. The standard InChI is InChI=1S/C37H36Cl2N6O3/c38-29-15-9-14-26(32(29)39)33-34-35(45(42-33)31-16-7-8-19-48-31)41-30(20-40-34)43-18-17-27-28(22-43)37(27,25-12-5-2-6-13-25)23-44(36(46)47)21-24-10-3-1-4-11-24/h1-6,9-15,20,27-28,31H,7-8,16-19,21-23H2,(H,46,47). The molecule has 2 aromatic heterocycles. The van der Waals surface area contributed by atoms with Crippen LogP contribution < -0.4 is 4.90 Å². The predicted molar refractivity (Wildman–Crippen MR) is 186 cm³/mol. The summed E-state index contributed by atoms with van der Waals surface area (Å²) in [6.07, 6.45) is 4.49. The number of carboxylic acid groups (broad SMARTS) is 1. The van der Waals surface area contributed by atoms with Crippen molar-refractivity contribution >= 4 is 46.3 Å². The van der Waals surface area contributed by atoms with Gasteiger partial charge >= 0.3 is 6.09 Å². The maximum atomic E-state index is 12.6. The number of carbonyl (C=O) groups is 1. The van der Waals surface area contributed by atoms with Crippen LogP contribution in [0.2, 0.25) is 10.0 Å². The van der Waals surface area contributed by atoms with Crippen molar-refractivity contribution in [1.29, 1.82) is 0 Å². The van der Waals surface area contributed by atoms with Crippen LogP contribution in [0.1, 0.15) is 43.0 Å². The number of hydrogen-bond donors (Lipinski definition) is 1. The van der Waals surface area contributed by atoms with Crippen LogP contribution in [0.25, 0.3) is 22.4 Å². The lowest BCUT2D eigenvalue weighted by Crippen LogP contribution is -2.38. The van der Waals surface area contributed by atoms with Crippen LogP contribution in [-0.4, -0.2) is 62.1 Å². The molecule has 5 aromatic rings. The molecule has 3 fully saturated rings. The van der Waals surface area contributed by atoms with E-state index in [-0.39, 0.29) is 17.6 Å². The first-order chi connectivity index (χ1) is 23.4. The Kier molecular flexibility index (Phi) is 8.22. The second-order valence-electron chi connectivity index (χ2n) is 13.1. The Bertz CT molecular complexity index is 1950. The molecule has 1 N–H and O–H groups in total. The fourth-order valence-electron chi connectivity index (χ4n) is 8.04. The topological polar surface area (TPSA) is 96.6 Å². The van der Waals surface area contributed by atoms with Crippen molar-refractivity contribution < 1.29 is 14.6 Å². The fourth-order valence-corrected chi connectivity index (χ4v) is 8.43. The number of aromatic nitrogens is 4. The van der Waals surface area contributed by atoms with Crippen molar-refractivity contribution in [2.45, 2.75) is 43.9 Å². The number of ether oxygens (including phenoxy) is 1. The van der Waals surface area contributed by atoms with Gasteiger partial charge in [0.2, 0.25) is 0 Å².